The second kappa shape index (κ2) is 3.16. The van der Waals surface area contributed by atoms with E-state index in [1.54, 1.807) is 0 Å². The monoisotopic (exact) mass is 203 g/mol. The summed E-state index contributed by atoms with van der Waals surface area (Å²) >= 11 is 5.72. The molecule has 0 aliphatic heterocycles. The first kappa shape index (κ1) is 10.8. The van der Waals surface area contributed by atoms with Gasteiger partial charge in [-0.3, -0.25) is 4.79 Å². The second-order valence-electron chi connectivity index (χ2n) is 5.25. The van der Waals surface area contributed by atoms with Crippen LogP contribution in [0.5, 0.6) is 0 Å². The molecule has 0 aromatic carbocycles. The van der Waals surface area contributed by atoms with Gasteiger partial charge in [-0.2, -0.15) is 0 Å². The Bertz CT molecular complexity index is 223. The molecule has 76 valence electrons. The van der Waals surface area contributed by atoms with Crippen molar-refractivity contribution < 1.29 is 4.79 Å². The highest BCUT2D eigenvalue weighted by molar-refractivity contribution is 6.18. The highest BCUT2D eigenvalue weighted by atomic mass is 35.5. The van der Waals surface area contributed by atoms with Gasteiger partial charge in [0.05, 0.1) is 0 Å². The highest BCUT2D eigenvalue weighted by Crippen LogP contribution is 2.51. The number of carbonyl (C=O) groups excluding carboxylic acids is 1. The van der Waals surface area contributed by atoms with Crippen LogP contribution in [0.2, 0.25) is 0 Å². The third kappa shape index (κ3) is 2.60. The Morgan fingerprint density at radius 2 is 2.08 bits per heavy atom. The fourth-order valence-electron chi connectivity index (χ4n) is 1.37. The third-order valence-corrected chi connectivity index (χ3v) is 3.29. The molecule has 1 N–H and O–H groups in total. The maximum Gasteiger partial charge on any atom is 0.224 e. The zero-order valence-corrected chi connectivity index (χ0v) is 9.53. The standard InChI is InChI=1S/C10H18ClNO/c1-9(2)5-7(9)8(13)12-10(3,4)6-11/h7H,5-6H2,1-4H3,(H,12,13). The lowest BCUT2D eigenvalue weighted by Gasteiger charge is -2.23. The topological polar surface area (TPSA) is 29.1 Å². The minimum absolute atomic E-state index is 0.149. The lowest BCUT2D eigenvalue weighted by atomic mass is 10.1. The largest absolute Gasteiger partial charge is 0.350 e. The molecule has 1 atom stereocenters. The fraction of sp³-hybridized carbons (Fsp3) is 0.900. The summed E-state index contributed by atoms with van der Waals surface area (Å²) in [6, 6.07) is 0. The first-order valence-electron chi connectivity index (χ1n) is 4.66. The van der Waals surface area contributed by atoms with Crippen molar-refractivity contribution in [2.75, 3.05) is 5.88 Å². The van der Waals surface area contributed by atoms with Crippen LogP contribution in [-0.2, 0) is 4.79 Å². The average molecular weight is 204 g/mol. The lowest BCUT2D eigenvalue weighted by molar-refractivity contribution is -0.124. The van der Waals surface area contributed by atoms with E-state index in [2.05, 4.69) is 19.2 Å². The van der Waals surface area contributed by atoms with Crippen molar-refractivity contribution in [2.45, 2.75) is 39.7 Å². The number of rotatable bonds is 3. The Balaban J connectivity index is 2.44. The normalized spacial score (nSPS) is 25.5. The van der Waals surface area contributed by atoms with Crippen LogP contribution < -0.4 is 5.32 Å². The summed E-state index contributed by atoms with van der Waals surface area (Å²) in [7, 11) is 0. The van der Waals surface area contributed by atoms with Gasteiger partial charge in [0.2, 0.25) is 5.91 Å². The van der Waals surface area contributed by atoms with Gasteiger partial charge in [0.15, 0.2) is 0 Å². The van der Waals surface area contributed by atoms with E-state index in [0.717, 1.165) is 6.42 Å². The van der Waals surface area contributed by atoms with Gasteiger partial charge in [-0.05, 0) is 25.7 Å². The van der Waals surface area contributed by atoms with E-state index < -0.39 is 0 Å². The van der Waals surface area contributed by atoms with Crippen LogP contribution in [0.15, 0.2) is 0 Å². The number of amides is 1. The maximum absolute atomic E-state index is 11.6. The Labute approximate surface area is 85.0 Å². The molecule has 1 amide bonds. The number of nitrogens with one attached hydrogen (secondary N) is 1. The van der Waals surface area contributed by atoms with Gasteiger partial charge in [-0.25, -0.2) is 0 Å². The summed E-state index contributed by atoms with van der Waals surface area (Å²) in [4.78, 5) is 11.6. The fourth-order valence-corrected chi connectivity index (χ4v) is 1.44. The lowest BCUT2D eigenvalue weighted by Crippen LogP contribution is -2.46. The Hall–Kier alpha value is -0.240. The van der Waals surface area contributed by atoms with E-state index in [0.29, 0.717) is 5.88 Å². The van der Waals surface area contributed by atoms with Crippen molar-refractivity contribution in [3.8, 4) is 0 Å². The van der Waals surface area contributed by atoms with Crippen LogP contribution in [0.3, 0.4) is 0 Å². The molecule has 1 rings (SSSR count). The predicted octanol–water partition coefficient (Wildman–Crippen LogP) is 2.17. The molecule has 1 fully saturated rings. The third-order valence-electron chi connectivity index (χ3n) is 2.63. The second-order valence-corrected chi connectivity index (χ2v) is 5.52. The van der Waals surface area contributed by atoms with Gasteiger partial charge >= 0.3 is 0 Å². The van der Waals surface area contributed by atoms with Gasteiger partial charge in [-0.1, -0.05) is 13.8 Å². The summed E-state index contributed by atoms with van der Waals surface area (Å²) in [5.74, 6) is 0.789. The number of hydrogen-bond donors (Lipinski definition) is 1. The van der Waals surface area contributed by atoms with Crippen molar-refractivity contribution in [3.05, 3.63) is 0 Å². The molecule has 13 heavy (non-hydrogen) atoms. The molecule has 1 aliphatic rings. The summed E-state index contributed by atoms with van der Waals surface area (Å²) in [5.41, 5.74) is -0.0796. The highest BCUT2D eigenvalue weighted by Gasteiger charge is 2.51. The minimum atomic E-state index is -0.280. The zero-order chi connectivity index (χ0) is 10.3. The van der Waals surface area contributed by atoms with E-state index in [4.69, 9.17) is 11.6 Å². The van der Waals surface area contributed by atoms with Crippen LogP contribution in [0.1, 0.15) is 34.1 Å². The summed E-state index contributed by atoms with van der Waals surface area (Å²) in [6.45, 7) is 8.11. The van der Waals surface area contributed by atoms with Gasteiger partial charge in [0, 0.05) is 17.3 Å². The summed E-state index contributed by atoms with van der Waals surface area (Å²) in [5, 5.41) is 2.95. The van der Waals surface area contributed by atoms with Crippen LogP contribution in [0, 0.1) is 11.3 Å². The maximum atomic E-state index is 11.6. The molecule has 0 heterocycles. The number of alkyl halides is 1. The van der Waals surface area contributed by atoms with E-state index >= 15 is 0 Å². The number of carbonyl (C=O) groups is 1. The van der Waals surface area contributed by atoms with Crippen LogP contribution in [0.25, 0.3) is 0 Å². The van der Waals surface area contributed by atoms with E-state index in [9.17, 15) is 4.79 Å². The summed E-state index contributed by atoms with van der Waals surface area (Å²) in [6.07, 6.45) is 0.997. The molecule has 0 saturated heterocycles. The zero-order valence-electron chi connectivity index (χ0n) is 8.78. The van der Waals surface area contributed by atoms with Gasteiger partial charge in [-0.15, -0.1) is 11.6 Å². The molecule has 0 radical (unpaired) electrons. The van der Waals surface area contributed by atoms with Gasteiger partial charge in [0.25, 0.3) is 0 Å². The smallest absolute Gasteiger partial charge is 0.224 e. The molecule has 0 spiro atoms. The Morgan fingerprint density at radius 1 is 1.62 bits per heavy atom. The van der Waals surface area contributed by atoms with Crippen molar-refractivity contribution in [1.82, 2.24) is 5.32 Å². The molecular weight excluding hydrogens is 186 g/mol. The van der Waals surface area contributed by atoms with Crippen LogP contribution >= 0.6 is 11.6 Å². The molecule has 1 unspecified atom stereocenters. The van der Waals surface area contributed by atoms with Crippen molar-refractivity contribution in [2.24, 2.45) is 11.3 Å². The number of hydrogen-bond acceptors (Lipinski definition) is 1. The van der Waals surface area contributed by atoms with Gasteiger partial charge in [0.1, 0.15) is 0 Å². The van der Waals surface area contributed by atoms with E-state index in [1.165, 1.54) is 0 Å². The SMILES string of the molecule is CC(C)(CCl)NC(=O)C1CC1(C)C. The average Bonchev–Trinajstić information content (AvgIpc) is 2.59. The van der Waals surface area contributed by atoms with Crippen molar-refractivity contribution in [3.63, 3.8) is 0 Å². The number of halogens is 1. The van der Waals surface area contributed by atoms with Crippen molar-refractivity contribution >= 4 is 17.5 Å². The molecule has 0 aromatic heterocycles. The molecular formula is C10H18ClNO. The Morgan fingerprint density at radius 3 is 2.38 bits per heavy atom. The molecule has 1 aliphatic carbocycles. The first-order chi connectivity index (χ1) is 5.78. The van der Waals surface area contributed by atoms with Crippen molar-refractivity contribution in [1.29, 1.82) is 0 Å². The first-order valence-corrected chi connectivity index (χ1v) is 5.20. The van der Waals surface area contributed by atoms with Crippen LogP contribution in [-0.4, -0.2) is 17.3 Å². The minimum Gasteiger partial charge on any atom is -0.350 e. The Kier molecular flexibility index (Phi) is 2.63. The quantitative estimate of drug-likeness (QED) is 0.700. The van der Waals surface area contributed by atoms with Crippen LogP contribution in [0.4, 0.5) is 0 Å². The molecule has 0 bridgehead atoms. The molecule has 0 aromatic rings. The van der Waals surface area contributed by atoms with Gasteiger partial charge < -0.3 is 5.32 Å². The van der Waals surface area contributed by atoms with E-state index in [-0.39, 0.29) is 22.8 Å². The summed E-state index contributed by atoms with van der Waals surface area (Å²) < 4.78 is 0. The predicted molar refractivity (Wildman–Crippen MR) is 54.8 cm³/mol. The molecule has 1 saturated carbocycles. The van der Waals surface area contributed by atoms with E-state index in [1.807, 2.05) is 13.8 Å². The molecule has 3 heteroatoms. The molecule has 2 nitrogen and oxygen atoms in total.